The quantitative estimate of drug-likeness (QED) is 0.0734. The molecule has 0 saturated carbocycles. The number of aryl methyl sites for hydroxylation is 2. The Hall–Kier alpha value is -7.58. The molecule has 0 unspecified atom stereocenters. The lowest BCUT2D eigenvalue weighted by Gasteiger charge is -2.33. The van der Waals surface area contributed by atoms with E-state index in [2.05, 4.69) is 31.9 Å². The minimum absolute atomic E-state index is 0.00793. The fraction of sp³-hybridized carbons (Fsp3) is 0.509. The Labute approximate surface area is 433 Å². The number of nitrogens with zero attached hydrogens (tertiary/aromatic N) is 1. The van der Waals surface area contributed by atoms with Gasteiger partial charge in [0.05, 0.1) is 13.1 Å². The summed E-state index contributed by atoms with van der Waals surface area (Å²) in [5, 5.41) is 16.1. The molecule has 1 heterocycles. The molecule has 4 rings (SSSR count). The van der Waals surface area contributed by atoms with Crippen LogP contribution in [0.3, 0.4) is 0 Å². The first-order valence-corrected chi connectivity index (χ1v) is 24.4. The number of carbonyl (C=O) groups is 8. The van der Waals surface area contributed by atoms with Crippen molar-refractivity contribution in [2.24, 2.45) is 5.73 Å². The van der Waals surface area contributed by atoms with Crippen LogP contribution < -0.4 is 47.1 Å². The predicted molar refractivity (Wildman–Crippen MR) is 275 cm³/mol. The van der Waals surface area contributed by atoms with Crippen molar-refractivity contribution in [3.63, 3.8) is 0 Å². The van der Waals surface area contributed by atoms with E-state index in [4.69, 9.17) is 29.4 Å². The molecule has 1 aliphatic heterocycles. The Bertz CT molecular complexity index is 2550. The number of alkyl carbamates (subject to hydrolysis) is 3. The third-order valence-electron chi connectivity index (χ3n) is 10.9. The first-order valence-electron chi connectivity index (χ1n) is 24.4. The van der Waals surface area contributed by atoms with Crippen LogP contribution in [0.4, 0.5) is 14.4 Å². The van der Waals surface area contributed by atoms with Gasteiger partial charge in [-0.05, 0) is 137 Å². The van der Waals surface area contributed by atoms with Crippen molar-refractivity contribution in [1.82, 2.24) is 36.8 Å². The zero-order valence-corrected chi connectivity index (χ0v) is 44.8. The minimum Gasteiger partial charge on any atom is -0.491 e. The Morgan fingerprint density at radius 1 is 0.689 bits per heavy atom. The number of amides is 8. The summed E-state index contributed by atoms with van der Waals surface area (Å²) in [4.78, 5) is 109. The molecule has 404 valence electrons. The molecular weight excluding hydrogens is 957 g/mol. The van der Waals surface area contributed by atoms with Gasteiger partial charge >= 0.3 is 18.3 Å². The number of hydrogen-bond donors (Lipinski definition) is 7. The second-order valence-corrected chi connectivity index (χ2v) is 21.0. The fourth-order valence-electron chi connectivity index (χ4n) is 7.58. The number of rotatable bonds is 16. The largest absolute Gasteiger partial charge is 0.491 e. The van der Waals surface area contributed by atoms with E-state index < -0.39 is 88.8 Å². The number of ether oxygens (including phenoxy) is 5. The monoisotopic (exact) mass is 1030 g/mol. The number of hydrogen-bond acceptors (Lipinski definition) is 13. The predicted octanol–water partition coefficient (Wildman–Crippen LogP) is 5.02. The van der Waals surface area contributed by atoms with Gasteiger partial charge in [-0.2, -0.15) is 0 Å². The van der Waals surface area contributed by atoms with Gasteiger partial charge in [-0.1, -0.05) is 29.8 Å². The van der Waals surface area contributed by atoms with Gasteiger partial charge < -0.3 is 66.2 Å². The van der Waals surface area contributed by atoms with Gasteiger partial charge in [0, 0.05) is 36.7 Å². The van der Waals surface area contributed by atoms with Crippen LogP contribution in [0.25, 0.3) is 11.1 Å². The van der Waals surface area contributed by atoms with E-state index in [1.165, 1.54) is 14.0 Å². The van der Waals surface area contributed by atoms with Gasteiger partial charge in [-0.25, -0.2) is 14.4 Å². The Kier molecular flexibility index (Phi) is 20.2. The Morgan fingerprint density at radius 3 is 1.72 bits per heavy atom. The molecule has 3 aromatic carbocycles. The third kappa shape index (κ3) is 18.5. The van der Waals surface area contributed by atoms with Gasteiger partial charge in [0.1, 0.15) is 65.7 Å². The second kappa shape index (κ2) is 25.4. The molecule has 3 aromatic rings. The Morgan fingerprint density at radius 2 is 1.20 bits per heavy atom. The highest BCUT2D eigenvalue weighted by Crippen LogP contribution is 2.40. The third-order valence-corrected chi connectivity index (χ3v) is 10.9. The average Bonchev–Trinajstić information content (AvgIpc) is 3.26. The summed E-state index contributed by atoms with van der Waals surface area (Å²) in [7, 11) is 1.36. The average molecular weight is 1030 g/mol. The highest BCUT2D eigenvalue weighted by atomic mass is 16.6. The first kappa shape index (κ1) is 59.0. The molecule has 0 radical (unpaired) electrons. The van der Waals surface area contributed by atoms with Crippen molar-refractivity contribution in [2.45, 2.75) is 137 Å². The van der Waals surface area contributed by atoms with Crippen LogP contribution in [0.5, 0.6) is 11.5 Å². The smallest absolute Gasteiger partial charge is 0.407 e. The molecule has 0 saturated heterocycles. The molecule has 0 fully saturated rings. The van der Waals surface area contributed by atoms with Gasteiger partial charge in [-0.3, -0.25) is 24.0 Å². The van der Waals surface area contributed by atoms with Crippen molar-refractivity contribution >= 4 is 47.8 Å². The maximum atomic E-state index is 15.0. The fourth-order valence-corrected chi connectivity index (χ4v) is 7.58. The highest BCUT2D eigenvalue weighted by Gasteiger charge is 2.36. The van der Waals surface area contributed by atoms with Crippen molar-refractivity contribution in [2.75, 3.05) is 39.9 Å². The van der Waals surface area contributed by atoms with Crippen LogP contribution in [0, 0.1) is 13.8 Å². The molecule has 21 heteroatoms. The lowest BCUT2D eigenvalue weighted by molar-refractivity contribution is -0.141. The topological polar surface area (TPSA) is 284 Å². The van der Waals surface area contributed by atoms with Crippen molar-refractivity contribution < 1.29 is 62.0 Å². The molecule has 74 heavy (non-hydrogen) atoms. The number of primary amides is 1. The van der Waals surface area contributed by atoms with E-state index in [0.29, 0.717) is 27.8 Å². The van der Waals surface area contributed by atoms with E-state index >= 15 is 4.79 Å². The van der Waals surface area contributed by atoms with Gasteiger partial charge in [-0.15, -0.1) is 0 Å². The summed E-state index contributed by atoms with van der Waals surface area (Å²) < 4.78 is 28.7. The zero-order chi connectivity index (χ0) is 55.3. The van der Waals surface area contributed by atoms with Crippen LogP contribution in [0.1, 0.15) is 114 Å². The van der Waals surface area contributed by atoms with E-state index in [1.807, 2.05) is 13.0 Å². The molecule has 1 aliphatic rings. The molecule has 0 aliphatic carbocycles. The van der Waals surface area contributed by atoms with Crippen LogP contribution in [-0.4, -0.2) is 128 Å². The Balaban J connectivity index is 1.89. The maximum absolute atomic E-state index is 15.0. The summed E-state index contributed by atoms with van der Waals surface area (Å²) in [5.41, 5.74) is 6.76. The number of nitrogens with two attached hydrogens (primary N) is 1. The molecule has 8 amide bonds. The lowest BCUT2D eigenvalue weighted by atomic mass is 9.93. The standard InChI is InChI=1S/C53H74N8O13/c1-30-14-17-35(31(2)26-30)45(64)59-38(20-21-55-48(67)72-51(4,5)6)47(66)61(13)42-34-16-19-41(71-25-23-57-50(69)74-53(10,11)12)37(29-34)36-27-33(28-39(43(54)62)60-44(63)32(3)58-46(42)65)15-18-40(36)70-24-22-56-49(68)73-52(7,8)9/h14-19,26-27,29,32,38-39,42H,20-25,28H2,1-13H3,(H2,54,62)(H,55,67)(H,56,68)(H,57,69)(H,58,65)(H,59,64)(H,60,63)/t32-,38-,39-,42-/m0/s1. The number of fused-ring (bicyclic) bond motifs is 5. The number of benzene rings is 3. The van der Waals surface area contributed by atoms with Crippen molar-refractivity contribution in [3.05, 3.63) is 82.4 Å². The molecular formula is C53H74N8O13. The number of nitrogens with one attached hydrogen (secondary N) is 6. The molecule has 0 spiro atoms. The second-order valence-electron chi connectivity index (χ2n) is 21.0. The summed E-state index contributed by atoms with van der Waals surface area (Å²) in [6.45, 7) is 20.3. The van der Waals surface area contributed by atoms with Crippen molar-refractivity contribution in [3.8, 4) is 22.6 Å². The van der Waals surface area contributed by atoms with Crippen LogP contribution in [0.15, 0.2) is 54.6 Å². The SMILES string of the molecule is Cc1ccc(C(=O)N[C@@H](CCNC(=O)OC(C)(C)C)C(=O)N(C)[C@@H]2C(=O)N[C@@H](C)C(=O)N[C@H](C(N)=O)Cc3ccc(OCCNC(=O)OC(C)(C)C)c(c3)-c3cc2ccc3OCCNC(=O)OC(C)(C)C)c(C)c1. The zero-order valence-electron chi connectivity index (χ0n) is 44.8. The summed E-state index contributed by atoms with van der Waals surface area (Å²) in [6, 6.07) is 9.53. The van der Waals surface area contributed by atoms with Gasteiger partial charge in [0.25, 0.3) is 5.91 Å². The maximum Gasteiger partial charge on any atom is 0.407 e. The van der Waals surface area contributed by atoms with Crippen LogP contribution in [0.2, 0.25) is 0 Å². The van der Waals surface area contributed by atoms with Crippen molar-refractivity contribution in [1.29, 1.82) is 0 Å². The van der Waals surface area contributed by atoms with Gasteiger partial charge in [0.2, 0.25) is 23.6 Å². The van der Waals surface area contributed by atoms with E-state index in [9.17, 15) is 33.6 Å². The first-order chi connectivity index (χ1) is 34.4. The normalized spacial score (nSPS) is 16.4. The van der Waals surface area contributed by atoms with Crippen LogP contribution >= 0.6 is 0 Å². The molecule has 4 bridgehead atoms. The molecule has 4 atom stereocenters. The van der Waals surface area contributed by atoms with Crippen LogP contribution in [-0.2, 0) is 39.8 Å². The van der Waals surface area contributed by atoms with Gasteiger partial charge in [0.15, 0.2) is 0 Å². The summed E-state index contributed by atoms with van der Waals surface area (Å²) in [6.07, 6.45) is -2.31. The minimum atomic E-state index is -1.53. The molecule has 0 aromatic heterocycles. The highest BCUT2D eigenvalue weighted by molar-refractivity contribution is 6.00. The summed E-state index contributed by atoms with van der Waals surface area (Å²) in [5.74, 6) is -3.29. The number of likely N-dealkylation sites (N-methyl/N-ethyl adjacent to an activating group) is 1. The number of carbonyl (C=O) groups excluding carboxylic acids is 8. The van der Waals surface area contributed by atoms with E-state index in [1.54, 1.807) is 118 Å². The van der Waals surface area contributed by atoms with E-state index in [0.717, 1.165) is 10.5 Å². The summed E-state index contributed by atoms with van der Waals surface area (Å²) >= 11 is 0. The molecule has 21 nitrogen and oxygen atoms in total. The molecule has 8 N–H and O–H groups in total. The van der Waals surface area contributed by atoms with E-state index in [-0.39, 0.29) is 62.8 Å². The lowest BCUT2D eigenvalue weighted by Crippen LogP contribution is -2.55.